The van der Waals surface area contributed by atoms with Crippen molar-refractivity contribution in [3.05, 3.63) is 0 Å². The zero-order valence-electron chi connectivity index (χ0n) is 15.4. The van der Waals surface area contributed by atoms with Gasteiger partial charge in [-0.3, -0.25) is 0 Å². The molecule has 23 heavy (non-hydrogen) atoms. The maximum absolute atomic E-state index is 11.4. The van der Waals surface area contributed by atoms with Crippen molar-refractivity contribution in [2.75, 3.05) is 13.2 Å². The first kappa shape index (κ1) is 22.9. The standard InChI is InChI=1S/C18H38O4S/c1-3-5-7-8-9-10-11-12-13-14-15-16-18-22-23(19,20)21-17-6-4-2/h3-18H2,1-2H3. The van der Waals surface area contributed by atoms with Gasteiger partial charge in [0.25, 0.3) is 0 Å². The van der Waals surface area contributed by atoms with Crippen LogP contribution in [0.15, 0.2) is 0 Å². The second-order valence-electron chi connectivity index (χ2n) is 6.29. The van der Waals surface area contributed by atoms with E-state index >= 15 is 0 Å². The highest BCUT2D eigenvalue weighted by molar-refractivity contribution is 7.81. The number of hydrogen-bond donors (Lipinski definition) is 0. The molecule has 0 unspecified atom stereocenters. The van der Waals surface area contributed by atoms with Crippen LogP contribution in [0.2, 0.25) is 0 Å². The molecule has 0 bridgehead atoms. The van der Waals surface area contributed by atoms with Crippen LogP contribution in [0.1, 0.15) is 104 Å². The highest BCUT2D eigenvalue weighted by atomic mass is 32.3. The van der Waals surface area contributed by atoms with Crippen LogP contribution in [0.3, 0.4) is 0 Å². The Morgan fingerprint density at radius 2 is 0.870 bits per heavy atom. The lowest BCUT2D eigenvalue weighted by molar-refractivity contribution is 0.209. The van der Waals surface area contributed by atoms with E-state index < -0.39 is 10.4 Å². The summed E-state index contributed by atoms with van der Waals surface area (Å²) in [6.45, 7) is 4.70. The van der Waals surface area contributed by atoms with Gasteiger partial charge in [0, 0.05) is 0 Å². The Morgan fingerprint density at radius 3 is 1.30 bits per heavy atom. The van der Waals surface area contributed by atoms with Gasteiger partial charge in [0.1, 0.15) is 0 Å². The zero-order chi connectivity index (χ0) is 17.2. The van der Waals surface area contributed by atoms with Crippen LogP contribution >= 0.6 is 0 Å². The Kier molecular flexibility index (Phi) is 16.6. The molecule has 0 heterocycles. The van der Waals surface area contributed by atoms with Gasteiger partial charge in [-0.1, -0.05) is 90.9 Å². The third-order valence-electron chi connectivity index (χ3n) is 3.95. The highest BCUT2D eigenvalue weighted by Gasteiger charge is 2.10. The fourth-order valence-corrected chi connectivity index (χ4v) is 3.16. The van der Waals surface area contributed by atoms with Crippen molar-refractivity contribution in [2.24, 2.45) is 0 Å². The van der Waals surface area contributed by atoms with E-state index in [0.717, 1.165) is 32.1 Å². The summed E-state index contributed by atoms with van der Waals surface area (Å²) in [7, 11) is -3.77. The quantitative estimate of drug-likeness (QED) is 0.295. The Balaban J connectivity index is 3.24. The zero-order valence-corrected chi connectivity index (χ0v) is 16.2. The first-order chi connectivity index (χ1) is 11.1. The van der Waals surface area contributed by atoms with Gasteiger partial charge < -0.3 is 0 Å². The topological polar surface area (TPSA) is 52.6 Å². The van der Waals surface area contributed by atoms with Crippen molar-refractivity contribution < 1.29 is 16.8 Å². The molecule has 0 N–H and O–H groups in total. The molecule has 0 spiro atoms. The molecule has 5 heteroatoms. The molecule has 0 saturated carbocycles. The Morgan fingerprint density at radius 1 is 0.522 bits per heavy atom. The van der Waals surface area contributed by atoms with Crippen molar-refractivity contribution in [3.8, 4) is 0 Å². The molecule has 0 saturated heterocycles. The number of hydrogen-bond acceptors (Lipinski definition) is 4. The van der Waals surface area contributed by atoms with Crippen LogP contribution in [0.5, 0.6) is 0 Å². The molecule has 0 rings (SSSR count). The fourth-order valence-electron chi connectivity index (χ4n) is 2.44. The first-order valence-corrected chi connectivity index (χ1v) is 11.0. The van der Waals surface area contributed by atoms with Gasteiger partial charge in [0.15, 0.2) is 0 Å². The number of unbranched alkanes of at least 4 members (excludes halogenated alkanes) is 12. The molecule has 140 valence electrons. The second-order valence-corrected chi connectivity index (χ2v) is 7.58. The smallest absolute Gasteiger partial charge is 0.248 e. The molecule has 0 radical (unpaired) electrons. The van der Waals surface area contributed by atoms with E-state index in [4.69, 9.17) is 8.37 Å². The molecule has 0 amide bonds. The first-order valence-electron chi connectivity index (χ1n) is 9.66. The van der Waals surface area contributed by atoms with Gasteiger partial charge in [-0.05, 0) is 12.8 Å². The average molecular weight is 351 g/mol. The fraction of sp³-hybridized carbons (Fsp3) is 1.00. The van der Waals surface area contributed by atoms with Crippen LogP contribution in [-0.4, -0.2) is 21.6 Å². The maximum atomic E-state index is 11.4. The molecule has 4 nitrogen and oxygen atoms in total. The Labute approximate surface area is 144 Å². The average Bonchev–Trinajstić information content (AvgIpc) is 2.52. The summed E-state index contributed by atoms with van der Waals surface area (Å²) in [5.41, 5.74) is 0. The summed E-state index contributed by atoms with van der Waals surface area (Å²) >= 11 is 0. The van der Waals surface area contributed by atoms with Crippen molar-refractivity contribution in [2.45, 2.75) is 104 Å². The summed E-state index contributed by atoms with van der Waals surface area (Å²) in [5, 5.41) is 0. The van der Waals surface area contributed by atoms with E-state index in [9.17, 15) is 8.42 Å². The second kappa shape index (κ2) is 16.7. The summed E-state index contributed by atoms with van der Waals surface area (Å²) in [6.07, 6.45) is 16.7. The molecule has 0 aromatic heterocycles. The van der Waals surface area contributed by atoms with E-state index in [1.165, 1.54) is 57.8 Å². The lowest BCUT2D eigenvalue weighted by Gasteiger charge is -2.05. The predicted molar refractivity (Wildman–Crippen MR) is 96.8 cm³/mol. The molecular formula is C18H38O4S. The monoisotopic (exact) mass is 350 g/mol. The number of rotatable bonds is 18. The van der Waals surface area contributed by atoms with Gasteiger partial charge in [0.05, 0.1) is 13.2 Å². The van der Waals surface area contributed by atoms with E-state index in [0.29, 0.717) is 0 Å². The van der Waals surface area contributed by atoms with Crippen molar-refractivity contribution in [1.82, 2.24) is 0 Å². The van der Waals surface area contributed by atoms with Gasteiger partial charge in [-0.15, -0.1) is 0 Å². The summed E-state index contributed by atoms with van der Waals surface area (Å²) in [4.78, 5) is 0. The maximum Gasteiger partial charge on any atom is 0.399 e. The predicted octanol–water partition coefficient (Wildman–Crippen LogP) is 5.77. The molecule has 0 atom stereocenters. The van der Waals surface area contributed by atoms with Gasteiger partial charge in [0.2, 0.25) is 0 Å². The Hall–Kier alpha value is -0.130. The van der Waals surface area contributed by atoms with E-state index in [1.54, 1.807) is 0 Å². The van der Waals surface area contributed by atoms with Crippen LogP contribution in [0.25, 0.3) is 0 Å². The lowest BCUT2D eigenvalue weighted by Crippen LogP contribution is -2.11. The molecular weight excluding hydrogens is 312 g/mol. The minimum absolute atomic E-state index is 0.220. The van der Waals surface area contributed by atoms with Crippen molar-refractivity contribution in [1.29, 1.82) is 0 Å². The van der Waals surface area contributed by atoms with Crippen LogP contribution in [0.4, 0.5) is 0 Å². The third kappa shape index (κ3) is 18.1. The molecule has 0 fully saturated rings. The largest absolute Gasteiger partial charge is 0.399 e. The van der Waals surface area contributed by atoms with Gasteiger partial charge >= 0.3 is 10.4 Å². The SMILES string of the molecule is CCCCCCCCCCCCCCOS(=O)(=O)OCCCC. The van der Waals surface area contributed by atoms with Crippen LogP contribution in [0, 0.1) is 0 Å². The van der Waals surface area contributed by atoms with E-state index in [-0.39, 0.29) is 13.2 Å². The molecule has 0 aromatic rings. The minimum Gasteiger partial charge on any atom is -0.248 e. The van der Waals surface area contributed by atoms with Gasteiger partial charge in [-0.2, -0.15) is 8.42 Å². The molecule has 0 aliphatic rings. The molecule has 0 aromatic carbocycles. The summed E-state index contributed by atoms with van der Waals surface area (Å²) in [6, 6.07) is 0. The van der Waals surface area contributed by atoms with E-state index in [2.05, 4.69) is 6.92 Å². The van der Waals surface area contributed by atoms with E-state index in [1.807, 2.05) is 6.92 Å². The van der Waals surface area contributed by atoms with Crippen molar-refractivity contribution >= 4 is 10.4 Å². The lowest BCUT2D eigenvalue weighted by atomic mass is 10.1. The van der Waals surface area contributed by atoms with Gasteiger partial charge in [-0.25, -0.2) is 8.37 Å². The minimum atomic E-state index is -3.77. The molecule has 0 aliphatic heterocycles. The normalized spacial score (nSPS) is 11.9. The van der Waals surface area contributed by atoms with Crippen LogP contribution in [-0.2, 0) is 18.8 Å². The molecule has 0 aliphatic carbocycles. The summed E-state index contributed by atoms with van der Waals surface area (Å²) < 4.78 is 32.3. The third-order valence-corrected chi connectivity index (χ3v) is 4.86. The highest BCUT2D eigenvalue weighted by Crippen LogP contribution is 2.12. The van der Waals surface area contributed by atoms with Crippen molar-refractivity contribution in [3.63, 3.8) is 0 Å². The Bertz CT molecular complexity index is 328. The summed E-state index contributed by atoms with van der Waals surface area (Å²) in [5.74, 6) is 0. The van der Waals surface area contributed by atoms with Crippen LogP contribution < -0.4 is 0 Å².